The van der Waals surface area contributed by atoms with Crippen molar-refractivity contribution in [3.63, 3.8) is 0 Å². The van der Waals surface area contributed by atoms with Gasteiger partial charge < -0.3 is 14.2 Å². The fourth-order valence-electron chi connectivity index (χ4n) is 1.63. The number of ether oxygens (including phenoxy) is 3. The van der Waals surface area contributed by atoms with E-state index >= 15 is 0 Å². The van der Waals surface area contributed by atoms with E-state index in [2.05, 4.69) is 0 Å². The monoisotopic (exact) mass is 304 g/mol. The van der Waals surface area contributed by atoms with Crippen LogP contribution in [0.5, 0.6) is 5.75 Å². The number of hydrogen-bond donors (Lipinski definition) is 0. The summed E-state index contributed by atoms with van der Waals surface area (Å²) < 4.78 is 15.5. The Hall–Kier alpha value is -2.56. The Morgan fingerprint density at radius 2 is 1.55 bits per heavy atom. The number of carbonyl (C=O) groups is 2. The van der Waals surface area contributed by atoms with E-state index in [1.54, 1.807) is 51.1 Å². The molecule has 1 aromatic carbocycles. The van der Waals surface area contributed by atoms with Crippen molar-refractivity contribution in [2.75, 3.05) is 13.2 Å². The van der Waals surface area contributed by atoms with E-state index in [9.17, 15) is 9.59 Å². The molecular formula is C17H20O5. The van der Waals surface area contributed by atoms with Crippen molar-refractivity contribution >= 4 is 11.9 Å². The number of carbonyl (C=O) groups excluding carboxylic acids is 2. The van der Waals surface area contributed by atoms with Gasteiger partial charge in [0.05, 0.1) is 13.2 Å². The summed E-state index contributed by atoms with van der Waals surface area (Å²) in [6.45, 7) is 5.37. The summed E-state index contributed by atoms with van der Waals surface area (Å²) in [5, 5.41) is 0. The number of para-hydroxylation sites is 1. The SMILES string of the molecule is C/C=C/C(Oc1ccccc1)=C(C(=O)OCC)C(=O)OCC. The molecule has 0 saturated carbocycles. The predicted molar refractivity (Wildman–Crippen MR) is 82.2 cm³/mol. The number of benzene rings is 1. The van der Waals surface area contributed by atoms with E-state index in [0.717, 1.165) is 0 Å². The van der Waals surface area contributed by atoms with E-state index in [1.165, 1.54) is 6.08 Å². The van der Waals surface area contributed by atoms with Gasteiger partial charge in [0.15, 0.2) is 5.57 Å². The largest absolute Gasteiger partial charge is 0.462 e. The molecule has 0 aliphatic rings. The Kier molecular flexibility index (Phi) is 7.47. The summed E-state index contributed by atoms with van der Waals surface area (Å²) >= 11 is 0. The van der Waals surface area contributed by atoms with Crippen molar-refractivity contribution in [1.29, 1.82) is 0 Å². The topological polar surface area (TPSA) is 61.8 Å². The lowest BCUT2D eigenvalue weighted by molar-refractivity contribution is -0.146. The molecule has 0 aromatic heterocycles. The third-order valence-electron chi connectivity index (χ3n) is 2.49. The summed E-state index contributed by atoms with van der Waals surface area (Å²) in [7, 11) is 0. The third kappa shape index (κ3) is 5.09. The van der Waals surface area contributed by atoms with Gasteiger partial charge in [0.2, 0.25) is 0 Å². The summed E-state index contributed by atoms with van der Waals surface area (Å²) in [6.07, 6.45) is 3.19. The standard InChI is InChI=1S/C17H20O5/c1-4-10-14(22-13-11-8-7-9-12-13)15(16(18)20-5-2)17(19)21-6-3/h4,7-12H,5-6H2,1-3H3/b10-4+. The second kappa shape index (κ2) is 9.39. The second-order valence-electron chi connectivity index (χ2n) is 4.10. The van der Waals surface area contributed by atoms with Crippen molar-refractivity contribution < 1.29 is 23.8 Å². The van der Waals surface area contributed by atoms with Crippen LogP contribution < -0.4 is 4.74 Å². The number of hydrogen-bond acceptors (Lipinski definition) is 5. The first-order valence-electron chi connectivity index (χ1n) is 7.08. The fourth-order valence-corrected chi connectivity index (χ4v) is 1.63. The molecule has 0 radical (unpaired) electrons. The first kappa shape index (κ1) is 17.5. The highest BCUT2D eigenvalue weighted by Gasteiger charge is 2.26. The lowest BCUT2D eigenvalue weighted by Crippen LogP contribution is -2.21. The number of allylic oxidation sites excluding steroid dienone is 2. The lowest BCUT2D eigenvalue weighted by Gasteiger charge is -2.12. The average molecular weight is 304 g/mol. The molecule has 0 spiro atoms. The maximum absolute atomic E-state index is 12.1. The summed E-state index contributed by atoms with van der Waals surface area (Å²) in [5.74, 6) is -0.956. The van der Waals surface area contributed by atoms with Crippen molar-refractivity contribution in [2.45, 2.75) is 20.8 Å². The van der Waals surface area contributed by atoms with Crippen LogP contribution in [-0.4, -0.2) is 25.2 Å². The molecule has 5 nitrogen and oxygen atoms in total. The zero-order valence-electron chi connectivity index (χ0n) is 13.0. The maximum Gasteiger partial charge on any atom is 0.349 e. The number of esters is 2. The molecule has 118 valence electrons. The van der Waals surface area contributed by atoms with Crippen LogP contribution >= 0.6 is 0 Å². The Morgan fingerprint density at radius 3 is 2.00 bits per heavy atom. The zero-order valence-corrected chi connectivity index (χ0v) is 13.0. The molecule has 0 aliphatic heterocycles. The van der Waals surface area contributed by atoms with Crippen molar-refractivity contribution in [3.05, 3.63) is 53.8 Å². The van der Waals surface area contributed by atoms with Crippen molar-refractivity contribution in [1.82, 2.24) is 0 Å². The number of rotatable bonds is 7. The van der Waals surface area contributed by atoms with Crippen LogP contribution in [0.15, 0.2) is 53.8 Å². The van der Waals surface area contributed by atoms with E-state index in [0.29, 0.717) is 5.75 Å². The van der Waals surface area contributed by atoms with Gasteiger partial charge in [0.25, 0.3) is 0 Å². The van der Waals surface area contributed by atoms with Crippen molar-refractivity contribution in [2.24, 2.45) is 0 Å². The molecule has 0 bridgehead atoms. The molecule has 1 rings (SSSR count). The van der Waals surface area contributed by atoms with Gasteiger partial charge >= 0.3 is 11.9 Å². The predicted octanol–water partition coefficient (Wildman–Crippen LogP) is 3.02. The van der Waals surface area contributed by atoms with Crippen LogP contribution in [0.1, 0.15) is 20.8 Å². The quantitative estimate of drug-likeness (QED) is 0.193. The zero-order chi connectivity index (χ0) is 16.4. The molecule has 0 amide bonds. The smallest absolute Gasteiger partial charge is 0.349 e. The third-order valence-corrected chi connectivity index (χ3v) is 2.49. The molecule has 1 aromatic rings. The lowest BCUT2D eigenvalue weighted by atomic mass is 10.2. The minimum atomic E-state index is -0.773. The average Bonchev–Trinajstić information content (AvgIpc) is 2.49. The van der Waals surface area contributed by atoms with Crippen LogP contribution in [0.25, 0.3) is 0 Å². The van der Waals surface area contributed by atoms with E-state index in [1.807, 2.05) is 6.07 Å². The van der Waals surface area contributed by atoms with Crippen LogP contribution in [0.3, 0.4) is 0 Å². The van der Waals surface area contributed by atoms with E-state index in [-0.39, 0.29) is 24.5 Å². The van der Waals surface area contributed by atoms with Crippen LogP contribution in [0.2, 0.25) is 0 Å². The molecule has 0 saturated heterocycles. The molecule has 0 aliphatic carbocycles. The Bertz CT molecular complexity index is 538. The molecular weight excluding hydrogens is 284 g/mol. The van der Waals surface area contributed by atoms with Gasteiger partial charge in [-0.2, -0.15) is 0 Å². The van der Waals surface area contributed by atoms with Gasteiger partial charge in [-0.3, -0.25) is 0 Å². The van der Waals surface area contributed by atoms with Crippen LogP contribution in [0.4, 0.5) is 0 Å². The van der Waals surface area contributed by atoms with Gasteiger partial charge in [-0.15, -0.1) is 0 Å². The Labute approximate surface area is 130 Å². The molecule has 0 fully saturated rings. The minimum Gasteiger partial charge on any atom is -0.462 e. The van der Waals surface area contributed by atoms with Crippen molar-refractivity contribution in [3.8, 4) is 5.75 Å². The van der Waals surface area contributed by atoms with E-state index < -0.39 is 11.9 Å². The summed E-state index contributed by atoms with van der Waals surface area (Å²) in [6, 6.07) is 8.85. The normalized spacial score (nSPS) is 10.1. The van der Waals surface area contributed by atoms with E-state index in [4.69, 9.17) is 14.2 Å². The van der Waals surface area contributed by atoms with Gasteiger partial charge in [-0.25, -0.2) is 9.59 Å². The first-order chi connectivity index (χ1) is 10.6. The van der Waals surface area contributed by atoms with Crippen LogP contribution in [0, 0.1) is 0 Å². The Balaban J connectivity index is 3.26. The molecule has 0 unspecified atom stereocenters. The highest BCUT2D eigenvalue weighted by Crippen LogP contribution is 2.18. The Morgan fingerprint density at radius 1 is 1.00 bits per heavy atom. The summed E-state index contributed by atoms with van der Waals surface area (Å²) in [4.78, 5) is 24.1. The second-order valence-corrected chi connectivity index (χ2v) is 4.10. The van der Waals surface area contributed by atoms with Gasteiger partial charge in [0, 0.05) is 0 Å². The van der Waals surface area contributed by atoms with Crippen LogP contribution in [-0.2, 0) is 19.1 Å². The minimum absolute atomic E-state index is 0.0885. The van der Waals surface area contributed by atoms with Gasteiger partial charge in [-0.05, 0) is 39.0 Å². The maximum atomic E-state index is 12.1. The molecule has 0 heterocycles. The van der Waals surface area contributed by atoms with Gasteiger partial charge in [-0.1, -0.05) is 24.3 Å². The fraction of sp³-hybridized carbons (Fsp3) is 0.294. The first-order valence-corrected chi connectivity index (χ1v) is 7.08. The van der Waals surface area contributed by atoms with Gasteiger partial charge in [0.1, 0.15) is 11.5 Å². The molecule has 0 atom stereocenters. The molecule has 0 N–H and O–H groups in total. The molecule has 5 heteroatoms. The highest BCUT2D eigenvalue weighted by atomic mass is 16.6. The highest BCUT2D eigenvalue weighted by molar-refractivity contribution is 6.14. The summed E-state index contributed by atoms with van der Waals surface area (Å²) in [5.41, 5.74) is -0.259. The molecule has 22 heavy (non-hydrogen) atoms.